The Bertz CT molecular complexity index is 1020. The van der Waals surface area contributed by atoms with Crippen LogP contribution in [-0.4, -0.2) is 69.1 Å². The summed E-state index contributed by atoms with van der Waals surface area (Å²) in [6, 6.07) is 3.85. The van der Waals surface area contributed by atoms with E-state index in [1.807, 2.05) is 26.0 Å². The van der Waals surface area contributed by atoms with Crippen LogP contribution in [0, 0.1) is 19.3 Å². The molecule has 9 heteroatoms. The lowest BCUT2D eigenvalue weighted by Gasteiger charge is -2.26. The third-order valence-corrected chi connectivity index (χ3v) is 4.88. The monoisotopic (exact) mass is 383 g/mol. The second kappa shape index (κ2) is 8.07. The number of nitrogens with one attached hydrogen (secondary N) is 2. The molecule has 2 aromatic heterocycles. The van der Waals surface area contributed by atoms with Gasteiger partial charge in [-0.25, -0.2) is 4.98 Å². The molecule has 0 saturated carbocycles. The van der Waals surface area contributed by atoms with E-state index >= 15 is 0 Å². The highest BCUT2D eigenvalue weighted by Crippen LogP contribution is 2.23. The molecule has 1 aromatic carbocycles. The molecular weight excluding hydrogens is 358 g/mol. The van der Waals surface area contributed by atoms with Crippen molar-refractivity contribution in [3.63, 3.8) is 0 Å². The highest BCUT2D eigenvalue weighted by Gasteiger charge is 2.12. The SMILES string of the molecule is Cc1nc(-n2cnc3cc(OCCCN4CCOCC4)c(C)cc3c2=N)n[nH]1. The van der Waals surface area contributed by atoms with Crippen LogP contribution in [0.4, 0.5) is 0 Å². The first-order chi connectivity index (χ1) is 13.6. The summed E-state index contributed by atoms with van der Waals surface area (Å²) in [6.45, 7) is 9.11. The van der Waals surface area contributed by atoms with Crippen molar-refractivity contribution in [3.05, 3.63) is 35.3 Å². The van der Waals surface area contributed by atoms with E-state index in [1.54, 1.807) is 10.9 Å². The largest absolute Gasteiger partial charge is 0.493 e. The molecule has 0 atom stereocenters. The molecule has 0 amide bonds. The number of morpholine rings is 1. The maximum atomic E-state index is 8.51. The summed E-state index contributed by atoms with van der Waals surface area (Å²) in [7, 11) is 0. The first-order valence-corrected chi connectivity index (χ1v) is 9.51. The van der Waals surface area contributed by atoms with Gasteiger partial charge in [0.1, 0.15) is 23.4 Å². The van der Waals surface area contributed by atoms with E-state index in [1.165, 1.54) is 0 Å². The van der Waals surface area contributed by atoms with Crippen molar-refractivity contribution in [2.75, 3.05) is 39.5 Å². The van der Waals surface area contributed by atoms with Gasteiger partial charge in [0.15, 0.2) is 0 Å². The topological polar surface area (TPSA) is 105 Å². The molecular formula is C19H25N7O2. The number of H-pyrrole nitrogens is 1. The van der Waals surface area contributed by atoms with Crippen LogP contribution in [0.5, 0.6) is 5.75 Å². The van der Waals surface area contributed by atoms with Gasteiger partial charge in [-0.1, -0.05) is 0 Å². The summed E-state index contributed by atoms with van der Waals surface area (Å²) in [5, 5.41) is 16.2. The van der Waals surface area contributed by atoms with E-state index in [0.29, 0.717) is 23.9 Å². The number of hydrogen-bond donors (Lipinski definition) is 2. The predicted molar refractivity (Wildman–Crippen MR) is 104 cm³/mol. The number of aryl methyl sites for hydroxylation is 2. The summed E-state index contributed by atoms with van der Waals surface area (Å²) in [4.78, 5) is 11.2. The molecule has 1 aliphatic rings. The van der Waals surface area contributed by atoms with Gasteiger partial charge in [0, 0.05) is 31.1 Å². The average Bonchev–Trinajstić information content (AvgIpc) is 3.13. The van der Waals surface area contributed by atoms with Crippen LogP contribution < -0.4 is 10.2 Å². The molecule has 0 unspecified atom stereocenters. The Kier molecular flexibility index (Phi) is 5.36. The van der Waals surface area contributed by atoms with Crippen molar-refractivity contribution >= 4 is 10.9 Å². The highest BCUT2D eigenvalue weighted by atomic mass is 16.5. The molecule has 0 spiro atoms. The predicted octanol–water partition coefficient (Wildman–Crippen LogP) is 1.34. The summed E-state index contributed by atoms with van der Waals surface area (Å²) in [5.74, 6) is 1.92. The Morgan fingerprint density at radius 2 is 2.07 bits per heavy atom. The fourth-order valence-electron chi connectivity index (χ4n) is 3.32. The molecule has 3 aromatic rings. The van der Waals surface area contributed by atoms with Crippen molar-refractivity contribution in [3.8, 4) is 11.7 Å². The lowest BCUT2D eigenvalue weighted by molar-refractivity contribution is 0.0358. The highest BCUT2D eigenvalue weighted by molar-refractivity contribution is 5.80. The average molecular weight is 383 g/mol. The molecule has 2 N–H and O–H groups in total. The van der Waals surface area contributed by atoms with Gasteiger partial charge in [-0.3, -0.25) is 20.0 Å². The van der Waals surface area contributed by atoms with Gasteiger partial charge in [0.05, 0.1) is 25.3 Å². The number of fused-ring (bicyclic) bond motifs is 1. The van der Waals surface area contributed by atoms with Gasteiger partial charge in [-0.2, -0.15) is 4.98 Å². The van der Waals surface area contributed by atoms with Gasteiger partial charge in [0.25, 0.3) is 5.95 Å². The van der Waals surface area contributed by atoms with Crippen LogP contribution in [0.1, 0.15) is 17.8 Å². The maximum Gasteiger partial charge on any atom is 0.255 e. The van der Waals surface area contributed by atoms with E-state index in [9.17, 15) is 0 Å². The van der Waals surface area contributed by atoms with Crippen LogP contribution >= 0.6 is 0 Å². The molecule has 4 rings (SSSR count). The molecule has 0 aliphatic carbocycles. The number of rotatable bonds is 6. The zero-order valence-electron chi connectivity index (χ0n) is 16.2. The van der Waals surface area contributed by atoms with Crippen LogP contribution in [0.15, 0.2) is 18.5 Å². The zero-order chi connectivity index (χ0) is 19.5. The standard InChI is InChI=1S/C19H25N7O2/c1-13-10-15-16(21-12-26(18(15)20)19-22-14(2)23-24-19)11-17(13)28-7-3-4-25-5-8-27-9-6-25/h10-12,20H,3-9H2,1-2H3,(H,22,23,24). The molecule has 3 heterocycles. The van der Waals surface area contributed by atoms with Gasteiger partial charge >= 0.3 is 0 Å². The normalized spacial score (nSPS) is 15.2. The van der Waals surface area contributed by atoms with Crippen LogP contribution in [0.3, 0.4) is 0 Å². The van der Waals surface area contributed by atoms with E-state index in [0.717, 1.165) is 61.5 Å². The molecule has 148 valence electrons. The van der Waals surface area contributed by atoms with Crippen LogP contribution in [-0.2, 0) is 4.74 Å². The molecule has 0 bridgehead atoms. The Hall–Kier alpha value is -2.78. The number of ether oxygens (including phenoxy) is 2. The third kappa shape index (κ3) is 3.90. The van der Waals surface area contributed by atoms with Crippen LogP contribution in [0.25, 0.3) is 16.9 Å². The van der Waals surface area contributed by atoms with Gasteiger partial charge in [-0.15, -0.1) is 5.10 Å². The molecule has 28 heavy (non-hydrogen) atoms. The maximum absolute atomic E-state index is 8.51. The number of aromatic nitrogens is 5. The first-order valence-electron chi connectivity index (χ1n) is 9.51. The van der Waals surface area contributed by atoms with E-state index in [2.05, 4.69) is 25.1 Å². The summed E-state index contributed by atoms with van der Waals surface area (Å²) in [6.07, 6.45) is 2.54. The van der Waals surface area contributed by atoms with Gasteiger partial charge in [-0.05, 0) is 31.9 Å². The minimum atomic E-state index is 0.297. The molecule has 9 nitrogen and oxygen atoms in total. The zero-order valence-corrected chi connectivity index (χ0v) is 16.2. The smallest absolute Gasteiger partial charge is 0.255 e. The Balaban J connectivity index is 1.48. The lowest BCUT2D eigenvalue weighted by atomic mass is 10.1. The van der Waals surface area contributed by atoms with Crippen molar-refractivity contribution in [2.45, 2.75) is 20.3 Å². The van der Waals surface area contributed by atoms with E-state index in [-0.39, 0.29) is 0 Å². The Morgan fingerprint density at radius 1 is 1.25 bits per heavy atom. The van der Waals surface area contributed by atoms with E-state index < -0.39 is 0 Å². The fourth-order valence-corrected chi connectivity index (χ4v) is 3.32. The second-order valence-corrected chi connectivity index (χ2v) is 6.97. The van der Waals surface area contributed by atoms with Crippen molar-refractivity contribution < 1.29 is 9.47 Å². The lowest BCUT2D eigenvalue weighted by Crippen LogP contribution is -2.37. The summed E-state index contributed by atoms with van der Waals surface area (Å²) < 4.78 is 12.9. The summed E-state index contributed by atoms with van der Waals surface area (Å²) >= 11 is 0. The number of aromatic amines is 1. The van der Waals surface area contributed by atoms with Gasteiger partial charge < -0.3 is 9.47 Å². The minimum absolute atomic E-state index is 0.297. The van der Waals surface area contributed by atoms with Crippen molar-refractivity contribution in [1.29, 1.82) is 5.41 Å². The fraction of sp³-hybridized carbons (Fsp3) is 0.474. The van der Waals surface area contributed by atoms with Crippen molar-refractivity contribution in [1.82, 2.24) is 29.6 Å². The number of nitrogens with zero attached hydrogens (tertiary/aromatic N) is 5. The summed E-state index contributed by atoms with van der Waals surface area (Å²) in [5.41, 5.74) is 2.01. The third-order valence-electron chi connectivity index (χ3n) is 4.88. The van der Waals surface area contributed by atoms with E-state index in [4.69, 9.17) is 14.9 Å². The van der Waals surface area contributed by atoms with Crippen LogP contribution in [0.2, 0.25) is 0 Å². The number of benzene rings is 1. The minimum Gasteiger partial charge on any atom is -0.493 e. The molecule has 0 radical (unpaired) electrons. The van der Waals surface area contributed by atoms with Gasteiger partial charge in [0.2, 0.25) is 0 Å². The quantitative estimate of drug-likeness (QED) is 0.623. The Morgan fingerprint density at radius 3 is 2.82 bits per heavy atom. The second-order valence-electron chi connectivity index (χ2n) is 6.97. The molecule has 1 aliphatic heterocycles. The molecule has 1 saturated heterocycles. The van der Waals surface area contributed by atoms with Crippen molar-refractivity contribution in [2.24, 2.45) is 0 Å². The molecule has 1 fully saturated rings. The first kappa shape index (κ1) is 18.6. The number of hydrogen-bond acceptors (Lipinski definition) is 7. The Labute approximate surface area is 162 Å².